The third-order valence-corrected chi connectivity index (χ3v) is 3.51. The van der Waals surface area contributed by atoms with Crippen LogP contribution in [0.15, 0.2) is 30.3 Å². The third kappa shape index (κ3) is 1.94. The second kappa shape index (κ2) is 4.23. The molecule has 3 nitrogen and oxygen atoms in total. The van der Waals surface area contributed by atoms with Gasteiger partial charge in [-0.25, -0.2) is 4.98 Å². The van der Waals surface area contributed by atoms with Crippen molar-refractivity contribution in [1.29, 1.82) is 0 Å². The van der Waals surface area contributed by atoms with Crippen LogP contribution in [0.1, 0.15) is 10.6 Å². The molecular formula is C12H12N2OS. The summed E-state index contributed by atoms with van der Waals surface area (Å²) in [5, 5.41) is 4.27. The van der Waals surface area contributed by atoms with Gasteiger partial charge in [0.05, 0.1) is 23.8 Å². The summed E-state index contributed by atoms with van der Waals surface area (Å²) in [6.07, 6.45) is 0.933. The number of nitrogens with zero attached hydrogens (tertiary/aromatic N) is 1. The lowest BCUT2D eigenvalue weighted by molar-refractivity contribution is 0.112. The number of anilines is 2. The fourth-order valence-corrected chi connectivity index (χ4v) is 2.69. The highest BCUT2D eigenvalue weighted by Crippen LogP contribution is 2.28. The molecule has 1 aromatic carbocycles. The zero-order chi connectivity index (χ0) is 10.8. The van der Waals surface area contributed by atoms with Crippen molar-refractivity contribution >= 4 is 22.2 Å². The van der Waals surface area contributed by atoms with E-state index in [-0.39, 0.29) is 0 Å². The lowest BCUT2D eigenvalue weighted by Gasteiger charge is -2.08. The maximum Gasteiger partial charge on any atom is 0.187 e. The number of thiazole rings is 1. The number of benzene rings is 1. The van der Waals surface area contributed by atoms with Crippen molar-refractivity contribution in [3.63, 3.8) is 0 Å². The van der Waals surface area contributed by atoms with Crippen molar-refractivity contribution in [3.05, 3.63) is 40.9 Å². The Morgan fingerprint density at radius 2 is 2.12 bits per heavy atom. The maximum absolute atomic E-state index is 5.40. The molecule has 2 aromatic rings. The van der Waals surface area contributed by atoms with Crippen molar-refractivity contribution in [1.82, 2.24) is 4.98 Å². The quantitative estimate of drug-likeness (QED) is 0.864. The number of rotatable bonds is 2. The molecule has 0 fully saturated rings. The Morgan fingerprint density at radius 1 is 1.25 bits per heavy atom. The van der Waals surface area contributed by atoms with Gasteiger partial charge in [0, 0.05) is 12.1 Å². The van der Waals surface area contributed by atoms with Gasteiger partial charge in [-0.1, -0.05) is 29.5 Å². The largest absolute Gasteiger partial charge is 0.375 e. The number of aromatic nitrogens is 1. The van der Waals surface area contributed by atoms with E-state index in [0.29, 0.717) is 6.61 Å². The van der Waals surface area contributed by atoms with Gasteiger partial charge in [0.25, 0.3) is 0 Å². The first-order valence-corrected chi connectivity index (χ1v) is 6.12. The van der Waals surface area contributed by atoms with Gasteiger partial charge in [-0.3, -0.25) is 0 Å². The Morgan fingerprint density at radius 3 is 2.94 bits per heavy atom. The normalized spacial score (nSPS) is 14.5. The Bertz CT molecular complexity index is 458. The van der Waals surface area contributed by atoms with E-state index >= 15 is 0 Å². The molecule has 0 amide bonds. The summed E-state index contributed by atoms with van der Waals surface area (Å²) >= 11 is 1.68. The molecule has 0 bridgehead atoms. The molecule has 0 spiro atoms. The molecule has 4 heteroatoms. The Hall–Kier alpha value is -1.39. The molecule has 82 valence electrons. The van der Waals surface area contributed by atoms with Gasteiger partial charge in [0.15, 0.2) is 5.13 Å². The molecule has 16 heavy (non-hydrogen) atoms. The van der Waals surface area contributed by atoms with Crippen LogP contribution < -0.4 is 5.32 Å². The topological polar surface area (TPSA) is 34.2 Å². The number of nitrogens with one attached hydrogen (secondary N) is 1. The van der Waals surface area contributed by atoms with E-state index in [1.165, 1.54) is 10.6 Å². The summed E-state index contributed by atoms with van der Waals surface area (Å²) in [7, 11) is 0. The second-order valence-corrected chi connectivity index (χ2v) is 4.77. The minimum Gasteiger partial charge on any atom is -0.375 e. The maximum atomic E-state index is 5.40. The molecule has 1 aliphatic heterocycles. The number of hydrogen-bond donors (Lipinski definition) is 1. The van der Waals surface area contributed by atoms with Gasteiger partial charge in [-0.05, 0) is 12.1 Å². The van der Waals surface area contributed by atoms with E-state index in [1.807, 2.05) is 30.3 Å². The smallest absolute Gasteiger partial charge is 0.187 e. The first-order valence-electron chi connectivity index (χ1n) is 5.30. The molecule has 3 rings (SSSR count). The molecule has 0 saturated heterocycles. The average molecular weight is 232 g/mol. The van der Waals surface area contributed by atoms with Gasteiger partial charge in [-0.15, -0.1) is 0 Å². The summed E-state index contributed by atoms with van der Waals surface area (Å²) in [6.45, 7) is 1.50. The summed E-state index contributed by atoms with van der Waals surface area (Å²) in [5.74, 6) is 0. The van der Waals surface area contributed by atoms with Crippen LogP contribution in [0.4, 0.5) is 10.8 Å². The van der Waals surface area contributed by atoms with Crippen LogP contribution in [0.3, 0.4) is 0 Å². The van der Waals surface area contributed by atoms with Gasteiger partial charge in [-0.2, -0.15) is 0 Å². The predicted molar refractivity (Wildman–Crippen MR) is 65.2 cm³/mol. The summed E-state index contributed by atoms with van der Waals surface area (Å²) in [6, 6.07) is 10.1. The van der Waals surface area contributed by atoms with Crippen molar-refractivity contribution < 1.29 is 4.74 Å². The minimum atomic E-state index is 0.712. The van der Waals surface area contributed by atoms with E-state index in [1.54, 1.807) is 11.3 Å². The molecule has 0 saturated carbocycles. The van der Waals surface area contributed by atoms with E-state index < -0.39 is 0 Å². The van der Waals surface area contributed by atoms with E-state index in [2.05, 4.69) is 10.3 Å². The van der Waals surface area contributed by atoms with Gasteiger partial charge >= 0.3 is 0 Å². The standard InChI is InChI=1S/C12H12N2OS/c1-2-4-9(5-3-1)13-12-14-10-6-7-15-8-11(10)16-12/h1-5H,6-8H2,(H,13,14). The molecule has 1 N–H and O–H groups in total. The van der Waals surface area contributed by atoms with Crippen molar-refractivity contribution in [2.75, 3.05) is 11.9 Å². The molecular weight excluding hydrogens is 220 g/mol. The lowest BCUT2D eigenvalue weighted by atomic mass is 10.2. The number of para-hydroxylation sites is 1. The van der Waals surface area contributed by atoms with E-state index in [9.17, 15) is 0 Å². The zero-order valence-corrected chi connectivity index (χ0v) is 9.59. The summed E-state index contributed by atoms with van der Waals surface area (Å²) in [5.41, 5.74) is 2.27. The van der Waals surface area contributed by atoms with Crippen LogP contribution in [-0.4, -0.2) is 11.6 Å². The number of hydrogen-bond acceptors (Lipinski definition) is 4. The fourth-order valence-electron chi connectivity index (χ4n) is 1.72. The van der Waals surface area contributed by atoms with Crippen molar-refractivity contribution in [2.45, 2.75) is 13.0 Å². The SMILES string of the molecule is c1ccc(Nc2nc3c(s2)COCC3)cc1. The Labute approximate surface area is 98.1 Å². The molecule has 2 heterocycles. The van der Waals surface area contributed by atoms with E-state index in [4.69, 9.17) is 4.74 Å². The van der Waals surface area contributed by atoms with Crippen molar-refractivity contribution in [2.24, 2.45) is 0 Å². The third-order valence-electron chi connectivity index (χ3n) is 2.52. The van der Waals surface area contributed by atoms with Crippen LogP contribution >= 0.6 is 11.3 Å². The molecule has 1 aliphatic rings. The van der Waals surface area contributed by atoms with Crippen molar-refractivity contribution in [3.8, 4) is 0 Å². The van der Waals surface area contributed by atoms with Crippen LogP contribution in [0.2, 0.25) is 0 Å². The highest BCUT2D eigenvalue weighted by atomic mass is 32.1. The zero-order valence-electron chi connectivity index (χ0n) is 8.77. The van der Waals surface area contributed by atoms with Gasteiger partial charge in [0.2, 0.25) is 0 Å². The Kier molecular flexibility index (Phi) is 2.60. The number of ether oxygens (including phenoxy) is 1. The van der Waals surface area contributed by atoms with Gasteiger partial charge in [0.1, 0.15) is 0 Å². The molecule has 0 radical (unpaired) electrons. The Balaban J connectivity index is 1.83. The van der Waals surface area contributed by atoms with Crippen LogP contribution in [0, 0.1) is 0 Å². The first kappa shape index (κ1) is 9.81. The minimum absolute atomic E-state index is 0.712. The average Bonchev–Trinajstić information content (AvgIpc) is 2.72. The molecule has 1 aromatic heterocycles. The van der Waals surface area contributed by atoms with Crippen LogP contribution in [-0.2, 0) is 17.8 Å². The van der Waals surface area contributed by atoms with Gasteiger partial charge < -0.3 is 10.1 Å². The lowest BCUT2D eigenvalue weighted by Crippen LogP contribution is -2.07. The second-order valence-electron chi connectivity index (χ2n) is 3.68. The summed E-state index contributed by atoms with van der Waals surface area (Å²) < 4.78 is 5.40. The van der Waals surface area contributed by atoms with Crippen LogP contribution in [0.25, 0.3) is 0 Å². The fraction of sp³-hybridized carbons (Fsp3) is 0.250. The predicted octanol–water partition coefficient (Wildman–Crippen LogP) is 2.96. The van der Waals surface area contributed by atoms with E-state index in [0.717, 1.165) is 23.8 Å². The molecule has 0 atom stereocenters. The molecule has 0 aliphatic carbocycles. The first-order chi connectivity index (χ1) is 7.92. The molecule has 0 unspecified atom stereocenters. The highest BCUT2D eigenvalue weighted by Gasteiger charge is 2.15. The monoisotopic (exact) mass is 232 g/mol. The number of fused-ring (bicyclic) bond motifs is 1. The summed E-state index contributed by atoms with van der Waals surface area (Å²) in [4.78, 5) is 5.83. The van der Waals surface area contributed by atoms with Crippen LogP contribution in [0.5, 0.6) is 0 Å². The highest BCUT2D eigenvalue weighted by molar-refractivity contribution is 7.15.